The molecule has 0 saturated carbocycles. The molecule has 3 rings (SSSR count). The summed E-state index contributed by atoms with van der Waals surface area (Å²) in [5.74, 6) is 6.45. The van der Waals surface area contributed by atoms with E-state index < -0.39 is 5.91 Å². The lowest BCUT2D eigenvalue weighted by Crippen LogP contribution is -2.19. The molecule has 2 aromatic rings. The number of nitrogen functional groups attached to an aromatic ring is 1. The number of amides is 1. The van der Waals surface area contributed by atoms with Crippen LogP contribution in [0.15, 0.2) is 18.2 Å². The number of rotatable bonds is 4. The Bertz CT molecular complexity index is 989. The van der Waals surface area contributed by atoms with Crippen molar-refractivity contribution < 1.29 is 14.3 Å². The van der Waals surface area contributed by atoms with Gasteiger partial charge in [-0.15, -0.1) is 0 Å². The molecule has 1 aliphatic rings. The molecule has 144 valence electrons. The van der Waals surface area contributed by atoms with Crippen molar-refractivity contribution in [3.05, 3.63) is 35.0 Å². The van der Waals surface area contributed by atoms with E-state index in [-0.39, 0.29) is 23.1 Å². The number of nitrogens with zero attached hydrogens (tertiary/aromatic N) is 4. The largest absolute Gasteiger partial charge is 0.497 e. The number of anilines is 1. The maximum Gasteiger partial charge on any atom is 0.255 e. The number of aromatic nitrogens is 2. The lowest BCUT2D eigenvalue weighted by Gasteiger charge is -2.11. The first-order chi connectivity index (χ1) is 13.5. The number of primary amides is 1. The fourth-order valence-corrected chi connectivity index (χ4v) is 3.10. The SMILES string of the molecule is COc1cc(C#Cc2nn([C@H]3CCN(C#N)C3)c(N)c2C(N)=O)cc(OC)c1. The van der Waals surface area contributed by atoms with Crippen molar-refractivity contribution in [2.75, 3.05) is 33.0 Å². The molecule has 0 unspecified atom stereocenters. The van der Waals surface area contributed by atoms with E-state index in [4.69, 9.17) is 26.2 Å². The zero-order valence-corrected chi connectivity index (χ0v) is 15.6. The average molecular weight is 380 g/mol. The molecule has 1 fully saturated rings. The van der Waals surface area contributed by atoms with Crippen LogP contribution in [0.3, 0.4) is 0 Å². The van der Waals surface area contributed by atoms with Gasteiger partial charge in [0.25, 0.3) is 5.91 Å². The van der Waals surface area contributed by atoms with Crippen LogP contribution in [0, 0.1) is 23.3 Å². The van der Waals surface area contributed by atoms with Crippen LogP contribution in [0.5, 0.6) is 11.5 Å². The van der Waals surface area contributed by atoms with Crippen LogP contribution in [0.25, 0.3) is 0 Å². The van der Waals surface area contributed by atoms with E-state index in [2.05, 4.69) is 23.1 Å². The van der Waals surface area contributed by atoms with Crippen LogP contribution < -0.4 is 20.9 Å². The number of carbonyl (C=O) groups is 1. The summed E-state index contributed by atoms with van der Waals surface area (Å²) in [7, 11) is 3.09. The highest BCUT2D eigenvalue weighted by Gasteiger charge is 2.29. The Balaban J connectivity index is 2.00. The molecule has 1 atom stereocenters. The quantitative estimate of drug-likeness (QED) is 0.589. The zero-order chi connectivity index (χ0) is 20.3. The molecule has 2 heterocycles. The highest BCUT2D eigenvalue weighted by molar-refractivity contribution is 5.99. The fourth-order valence-electron chi connectivity index (χ4n) is 3.10. The number of methoxy groups -OCH3 is 2. The van der Waals surface area contributed by atoms with Crippen LogP contribution in [-0.2, 0) is 0 Å². The van der Waals surface area contributed by atoms with Gasteiger partial charge in [0.1, 0.15) is 22.9 Å². The number of ether oxygens (including phenoxy) is 2. The predicted molar refractivity (Wildman–Crippen MR) is 102 cm³/mol. The molecule has 0 spiro atoms. The molecule has 0 radical (unpaired) electrons. The first-order valence-corrected chi connectivity index (χ1v) is 8.54. The summed E-state index contributed by atoms with van der Waals surface area (Å²) in [5.41, 5.74) is 12.5. The summed E-state index contributed by atoms with van der Waals surface area (Å²) in [6.07, 6.45) is 2.80. The van der Waals surface area contributed by atoms with E-state index in [0.29, 0.717) is 36.6 Å². The second-order valence-electron chi connectivity index (χ2n) is 6.26. The highest BCUT2D eigenvalue weighted by atomic mass is 16.5. The van der Waals surface area contributed by atoms with Gasteiger partial charge in [-0.2, -0.15) is 10.4 Å². The predicted octanol–water partition coefficient (Wildman–Crippen LogP) is 0.709. The summed E-state index contributed by atoms with van der Waals surface area (Å²) in [4.78, 5) is 13.5. The van der Waals surface area contributed by atoms with Gasteiger partial charge in [-0.25, -0.2) is 4.68 Å². The molecule has 0 aliphatic carbocycles. The number of benzene rings is 1. The normalized spacial score (nSPS) is 15.5. The summed E-state index contributed by atoms with van der Waals surface area (Å²) in [6.45, 7) is 1.08. The van der Waals surface area contributed by atoms with Crippen molar-refractivity contribution in [2.24, 2.45) is 5.73 Å². The molecule has 1 aliphatic heterocycles. The van der Waals surface area contributed by atoms with Crippen molar-refractivity contribution in [1.82, 2.24) is 14.7 Å². The zero-order valence-electron chi connectivity index (χ0n) is 15.6. The van der Waals surface area contributed by atoms with Crippen LogP contribution in [0.4, 0.5) is 5.82 Å². The summed E-state index contributed by atoms with van der Waals surface area (Å²) < 4.78 is 12.0. The summed E-state index contributed by atoms with van der Waals surface area (Å²) in [5, 5.41) is 13.4. The number of nitriles is 1. The Morgan fingerprint density at radius 2 is 1.93 bits per heavy atom. The van der Waals surface area contributed by atoms with Crippen LogP contribution in [0.2, 0.25) is 0 Å². The number of nitrogens with two attached hydrogens (primary N) is 2. The Morgan fingerprint density at radius 1 is 1.25 bits per heavy atom. The first kappa shape index (κ1) is 18.9. The van der Waals surface area contributed by atoms with Gasteiger partial charge >= 0.3 is 0 Å². The van der Waals surface area contributed by atoms with E-state index in [1.165, 1.54) is 4.68 Å². The smallest absolute Gasteiger partial charge is 0.255 e. The van der Waals surface area contributed by atoms with E-state index in [1.807, 2.05) is 0 Å². The minimum Gasteiger partial charge on any atom is -0.497 e. The standard InChI is InChI=1S/C19H20N6O3/c1-27-14-7-12(8-15(9-14)28-2)3-4-16-17(19(22)26)18(21)25(23-16)13-5-6-24(10-13)11-20/h7-9,13H,5-6,10,21H2,1-2H3,(H2,22,26)/t13-/m0/s1. The molecule has 1 aromatic heterocycles. The molecular weight excluding hydrogens is 360 g/mol. The van der Waals surface area contributed by atoms with Crippen LogP contribution in [-0.4, -0.2) is 47.9 Å². The van der Waals surface area contributed by atoms with E-state index >= 15 is 0 Å². The third-order valence-electron chi connectivity index (χ3n) is 4.52. The highest BCUT2D eigenvalue weighted by Crippen LogP contribution is 2.27. The third-order valence-corrected chi connectivity index (χ3v) is 4.52. The molecule has 0 bridgehead atoms. The molecule has 4 N–H and O–H groups in total. The number of likely N-dealkylation sites (tertiary alicyclic amines) is 1. The van der Waals surface area contributed by atoms with Gasteiger partial charge in [0.2, 0.25) is 0 Å². The topological polar surface area (TPSA) is 132 Å². The molecular formula is C19H20N6O3. The maximum atomic E-state index is 11.9. The molecule has 1 saturated heterocycles. The van der Waals surface area contributed by atoms with E-state index in [1.54, 1.807) is 37.3 Å². The molecule has 1 aromatic carbocycles. The van der Waals surface area contributed by atoms with Gasteiger partial charge < -0.3 is 25.8 Å². The second-order valence-corrected chi connectivity index (χ2v) is 6.26. The molecule has 9 heteroatoms. The minimum atomic E-state index is -0.702. The number of carbonyl (C=O) groups excluding carboxylic acids is 1. The van der Waals surface area contributed by atoms with Gasteiger partial charge in [-0.05, 0) is 24.5 Å². The maximum absolute atomic E-state index is 11.9. The van der Waals surface area contributed by atoms with Gasteiger partial charge in [0, 0.05) is 18.2 Å². The van der Waals surface area contributed by atoms with Crippen molar-refractivity contribution in [2.45, 2.75) is 12.5 Å². The van der Waals surface area contributed by atoms with E-state index in [9.17, 15) is 4.79 Å². The second kappa shape index (κ2) is 7.80. The number of hydrogen-bond donors (Lipinski definition) is 2. The molecule has 9 nitrogen and oxygen atoms in total. The Labute approximate surface area is 162 Å². The van der Waals surface area contributed by atoms with Crippen molar-refractivity contribution in [3.8, 4) is 29.5 Å². The van der Waals surface area contributed by atoms with E-state index in [0.717, 1.165) is 0 Å². The summed E-state index contributed by atoms with van der Waals surface area (Å²) >= 11 is 0. The Hall–Kier alpha value is -3.85. The van der Waals surface area contributed by atoms with Crippen LogP contribution >= 0.6 is 0 Å². The number of hydrogen-bond acceptors (Lipinski definition) is 7. The Kier molecular flexibility index (Phi) is 5.28. The Morgan fingerprint density at radius 3 is 2.46 bits per heavy atom. The average Bonchev–Trinajstić information content (AvgIpc) is 3.29. The lowest BCUT2D eigenvalue weighted by atomic mass is 10.1. The van der Waals surface area contributed by atoms with Gasteiger partial charge in [0.05, 0.1) is 26.8 Å². The van der Waals surface area contributed by atoms with Gasteiger partial charge in [-0.3, -0.25) is 4.79 Å². The first-order valence-electron chi connectivity index (χ1n) is 8.54. The third kappa shape index (κ3) is 3.64. The molecule has 28 heavy (non-hydrogen) atoms. The lowest BCUT2D eigenvalue weighted by molar-refractivity contribution is 0.100. The molecule has 1 amide bonds. The van der Waals surface area contributed by atoms with Crippen molar-refractivity contribution in [1.29, 1.82) is 5.26 Å². The van der Waals surface area contributed by atoms with Crippen molar-refractivity contribution in [3.63, 3.8) is 0 Å². The van der Waals surface area contributed by atoms with Crippen LogP contribution in [0.1, 0.15) is 34.1 Å². The minimum absolute atomic E-state index is 0.0813. The van der Waals surface area contributed by atoms with Gasteiger partial charge in [-0.1, -0.05) is 5.92 Å². The monoisotopic (exact) mass is 380 g/mol. The van der Waals surface area contributed by atoms with Crippen molar-refractivity contribution >= 4 is 11.7 Å². The fraction of sp³-hybridized carbons (Fsp3) is 0.316. The van der Waals surface area contributed by atoms with Gasteiger partial charge in [0.15, 0.2) is 11.9 Å². The summed E-state index contributed by atoms with van der Waals surface area (Å²) in [6, 6.07) is 5.09.